The van der Waals surface area contributed by atoms with Crippen LogP contribution >= 0.6 is 11.8 Å². The standard InChI is InChI=1S/C17H16N6S/c1-11-20-14-5-3-4-6-15(14)23(11)13-9-22(10-13)16-12(7-18)8-19-17(21-16)24-2/h3-6,8,13H,9-10H2,1-2H3. The Kier molecular flexibility index (Phi) is 3.62. The summed E-state index contributed by atoms with van der Waals surface area (Å²) in [7, 11) is 0. The summed E-state index contributed by atoms with van der Waals surface area (Å²) in [5.74, 6) is 1.75. The van der Waals surface area contributed by atoms with E-state index in [0.717, 1.165) is 35.8 Å². The number of hydrogen-bond acceptors (Lipinski definition) is 6. The number of fused-ring (bicyclic) bond motifs is 1. The molecule has 0 radical (unpaired) electrons. The van der Waals surface area contributed by atoms with Crippen LogP contribution in [0.4, 0.5) is 5.82 Å². The van der Waals surface area contributed by atoms with Crippen LogP contribution in [0.5, 0.6) is 0 Å². The summed E-state index contributed by atoms with van der Waals surface area (Å²) in [6.45, 7) is 3.68. The number of aryl methyl sites for hydroxylation is 1. The lowest BCUT2D eigenvalue weighted by atomic mass is 10.1. The predicted molar refractivity (Wildman–Crippen MR) is 94.2 cm³/mol. The summed E-state index contributed by atoms with van der Waals surface area (Å²) in [4.78, 5) is 15.5. The molecule has 2 aromatic heterocycles. The first kappa shape index (κ1) is 15.0. The van der Waals surface area contributed by atoms with Crippen molar-refractivity contribution in [1.29, 1.82) is 5.26 Å². The number of para-hydroxylation sites is 2. The second-order valence-electron chi connectivity index (χ2n) is 5.78. The molecule has 3 aromatic rings. The maximum absolute atomic E-state index is 9.31. The van der Waals surface area contributed by atoms with Crippen molar-refractivity contribution in [2.75, 3.05) is 24.2 Å². The smallest absolute Gasteiger partial charge is 0.189 e. The van der Waals surface area contributed by atoms with Crippen LogP contribution in [-0.2, 0) is 0 Å². The van der Waals surface area contributed by atoms with Gasteiger partial charge in [0, 0.05) is 13.1 Å². The summed E-state index contributed by atoms with van der Waals surface area (Å²) in [5.41, 5.74) is 2.71. The molecule has 0 atom stereocenters. The van der Waals surface area contributed by atoms with E-state index >= 15 is 0 Å². The Morgan fingerprint density at radius 1 is 1.25 bits per heavy atom. The molecule has 1 aromatic carbocycles. The van der Waals surface area contributed by atoms with Crippen LogP contribution in [0.25, 0.3) is 11.0 Å². The van der Waals surface area contributed by atoms with E-state index in [1.165, 1.54) is 11.8 Å². The Morgan fingerprint density at radius 2 is 2.04 bits per heavy atom. The molecule has 120 valence electrons. The lowest BCUT2D eigenvalue weighted by molar-refractivity contribution is 0.398. The minimum absolute atomic E-state index is 0.344. The van der Waals surface area contributed by atoms with Crippen LogP contribution < -0.4 is 4.90 Å². The monoisotopic (exact) mass is 336 g/mol. The minimum Gasteiger partial charge on any atom is -0.351 e. The summed E-state index contributed by atoms with van der Waals surface area (Å²) in [6, 6.07) is 10.7. The second kappa shape index (κ2) is 5.80. The van der Waals surface area contributed by atoms with Crippen molar-refractivity contribution in [1.82, 2.24) is 19.5 Å². The summed E-state index contributed by atoms with van der Waals surface area (Å²) < 4.78 is 2.29. The van der Waals surface area contributed by atoms with E-state index in [1.807, 2.05) is 31.4 Å². The average Bonchev–Trinajstić information content (AvgIpc) is 2.90. The van der Waals surface area contributed by atoms with Gasteiger partial charge in [0.2, 0.25) is 0 Å². The fourth-order valence-electron chi connectivity index (χ4n) is 3.19. The number of benzene rings is 1. The van der Waals surface area contributed by atoms with Crippen LogP contribution in [0.2, 0.25) is 0 Å². The predicted octanol–water partition coefficient (Wildman–Crippen LogP) is 2.79. The average molecular weight is 336 g/mol. The van der Waals surface area contributed by atoms with E-state index in [2.05, 4.69) is 36.6 Å². The maximum Gasteiger partial charge on any atom is 0.189 e. The van der Waals surface area contributed by atoms with Gasteiger partial charge in [0.1, 0.15) is 17.5 Å². The van der Waals surface area contributed by atoms with E-state index in [4.69, 9.17) is 0 Å². The van der Waals surface area contributed by atoms with Gasteiger partial charge in [0.05, 0.1) is 23.3 Å². The molecule has 1 aliphatic heterocycles. The molecule has 1 aliphatic rings. The fraction of sp³-hybridized carbons (Fsp3) is 0.294. The van der Waals surface area contributed by atoms with Gasteiger partial charge in [-0.2, -0.15) is 5.26 Å². The van der Waals surface area contributed by atoms with Crippen LogP contribution in [0, 0.1) is 18.3 Å². The first-order valence-corrected chi connectivity index (χ1v) is 8.93. The van der Waals surface area contributed by atoms with Crippen LogP contribution in [-0.4, -0.2) is 38.9 Å². The van der Waals surface area contributed by atoms with Crippen molar-refractivity contribution >= 4 is 28.6 Å². The SMILES string of the molecule is CSc1ncc(C#N)c(N2CC(n3c(C)nc4ccccc43)C2)n1. The molecular weight excluding hydrogens is 320 g/mol. The lowest BCUT2D eigenvalue weighted by Crippen LogP contribution is -2.48. The Labute approximate surface area is 144 Å². The van der Waals surface area contributed by atoms with Crippen LogP contribution in [0.3, 0.4) is 0 Å². The summed E-state index contributed by atoms with van der Waals surface area (Å²) >= 11 is 1.48. The molecule has 24 heavy (non-hydrogen) atoms. The van der Waals surface area contributed by atoms with Crippen molar-refractivity contribution < 1.29 is 0 Å². The highest BCUT2D eigenvalue weighted by atomic mass is 32.2. The second-order valence-corrected chi connectivity index (χ2v) is 6.56. The first-order chi connectivity index (χ1) is 11.7. The molecular formula is C17H16N6S. The van der Waals surface area contributed by atoms with Gasteiger partial charge < -0.3 is 9.47 Å². The number of hydrogen-bond donors (Lipinski definition) is 0. The zero-order valence-corrected chi connectivity index (χ0v) is 14.3. The van der Waals surface area contributed by atoms with E-state index in [1.54, 1.807) is 6.20 Å². The van der Waals surface area contributed by atoms with Gasteiger partial charge in [-0.3, -0.25) is 0 Å². The van der Waals surface area contributed by atoms with Crippen molar-refractivity contribution in [3.63, 3.8) is 0 Å². The van der Waals surface area contributed by atoms with E-state index in [0.29, 0.717) is 16.8 Å². The number of imidazole rings is 1. The minimum atomic E-state index is 0.344. The van der Waals surface area contributed by atoms with E-state index < -0.39 is 0 Å². The highest BCUT2D eigenvalue weighted by Gasteiger charge is 2.32. The topological polar surface area (TPSA) is 70.6 Å². The molecule has 0 spiro atoms. The third-order valence-electron chi connectivity index (χ3n) is 4.35. The molecule has 6 nitrogen and oxygen atoms in total. The van der Waals surface area contributed by atoms with Crippen molar-refractivity contribution in [2.24, 2.45) is 0 Å². The van der Waals surface area contributed by atoms with Crippen molar-refractivity contribution in [2.45, 2.75) is 18.1 Å². The van der Waals surface area contributed by atoms with Crippen molar-refractivity contribution in [3.8, 4) is 6.07 Å². The molecule has 0 saturated carbocycles. The highest BCUT2D eigenvalue weighted by Crippen LogP contribution is 2.32. The fourth-order valence-corrected chi connectivity index (χ4v) is 3.53. The molecule has 3 heterocycles. The molecule has 0 aliphatic carbocycles. The number of nitriles is 1. The molecule has 0 bridgehead atoms. The normalized spacial score (nSPS) is 14.6. The van der Waals surface area contributed by atoms with E-state index in [9.17, 15) is 5.26 Å². The largest absolute Gasteiger partial charge is 0.351 e. The number of rotatable bonds is 3. The van der Waals surface area contributed by atoms with E-state index in [-0.39, 0.29) is 0 Å². The van der Waals surface area contributed by atoms with Gasteiger partial charge in [-0.25, -0.2) is 15.0 Å². The molecule has 0 N–H and O–H groups in total. The molecule has 0 amide bonds. The van der Waals surface area contributed by atoms with Gasteiger partial charge >= 0.3 is 0 Å². The Balaban J connectivity index is 1.63. The van der Waals surface area contributed by atoms with Crippen LogP contribution in [0.15, 0.2) is 35.6 Å². The first-order valence-electron chi connectivity index (χ1n) is 7.71. The van der Waals surface area contributed by atoms with Gasteiger partial charge in [-0.05, 0) is 25.3 Å². The quantitative estimate of drug-likeness (QED) is 0.541. The molecule has 0 unspecified atom stereocenters. The number of thioether (sulfide) groups is 1. The summed E-state index contributed by atoms with van der Waals surface area (Å²) in [6.07, 6.45) is 3.55. The number of nitrogens with zero attached hydrogens (tertiary/aromatic N) is 6. The zero-order chi connectivity index (χ0) is 16.7. The lowest BCUT2D eigenvalue weighted by Gasteiger charge is -2.41. The van der Waals surface area contributed by atoms with Gasteiger partial charge in [0.25, 0.3) is 0 Å². The zero-order valence-electron chi connectivity index (χ0n) is 13.5. The van der Waals surface area contributed by atoms with Gasteiger partial charge in [0.15, 0.2) is 11.0 Å². The van der Waals surface area contributed by atoms with Gasteiger partial charge in [-0.1, -0.05) is 23.9 Å². The number of aromatic nitrogens is 4. The third-order valence-corrected chi connectivity index (χ3v) is 4.91. The molecule has 7 heteroatoms. The maximum atomic E-state index is 9.31. The highest BCUT2D eigenvalue weighted by molar-refractivity contribution is 7.98. The third kappa shape index (κ3) is 2.31. The molecule has 1 fully saturated rings. The Morgan fingerprint density at radius 3 is 2.79 bits per heavy atom. The Bertz CT molecular complexity index is 951. The van der Waals surface area contributed by atoms with Crippen LogP contribution in [0.1, 0.15) is 17.4 Å². The van der Waals surface area contributed by atoms with Crippen molar-refractivity contribution in [3.05, 3.63) is 41.9 Å². The number of anilines is 1. The Hall–Kier alpha value is -2.59. The summed E-state index contributed by atoms with van der Waals surface area (Å²) in [5, 5.41) is 10.00. The molecule has 1 saturated heterocycles. The van der Waals surface area contributed by atoms with Gasteiger partial charge in [-0.15, -0.1) is 0 Å². The molecule has 4 rings (SSSR count).